The number of carbonyl (C=O) groups excluding carboxylic acids is 3. The molecular formula is C27H19N3O5S. The second-order valence-corrected chi connectivity index (χ2v) is 9.28. The number of hydrazine groups is 1. The fourth-order valence-electron chi connectivity index (χ4n) is 4.32. The molecule has 9 heteroatoms. The number of fused-ring (bicyclic) bond motifs is 3. The van der Waals surface area contributed by atoms with Gasteiger partial charge in [-0.05, 0) is 41.6 Å². The van der Waals surface area contributed by atoms with Crippen LogP contribution in [0.2, 0.25) is 0 Å². The standard InChI is InChI=1S/C27H19N3O5S/c31-24(15-23-25(32)28-27(33)36-23)34-18-12-10-17(11-13-18)26-30-21(19-8-4-5-9-22(19)35-26)14-20(29-30)16-6-2-1-3-7-16/h1-15,21,26,29H,(H,28,32,33). The Morgan fingerprint density at radius 2 is 1.72 bits per heavy atom. The molecular weight excluding hydrogens is 478 g/mol. The van der Waals surface area contributed by atoms with Crippen molar-refractivity contribution in [1.29, 1.82) is 0 Å². The fourth-order valence-corrected chi connectivity index (χ4v) is 4.96. The van der Waals surface area contributed by atoms with Gasteiger partial charge in [0.2, 0.25) is 0 Å². The van der Waals surface area contributed by atoms with Crippen LogP contribution < -0.4 is 20.2 Å². The van der Waals surface area contributed by atoms with Crippen molar-refractivity contribution >= 4 is 34.6 Å². The molecule has 3 heterocycles. The smallest absolute Gasteiger partial charge is 0.337 e. The van der Waals surface area contributed by atoms with E-state index in [4.69, 9.17) is 9.47 Å². The third-order valence-corrected chi connectivity index (χ3v) is 6.77. The number of benzene rings is 3. The van der Waals surface area contributed by atoms with Crippen molar-refractivity contribution in [1.82, 2.24) is 15.8 Å². The quantitative estimate of drug-likeness (QED) is 0.310. The molecule has 36 heavy (non-hydrogen) atoms. The fraction of sp³-hybridized carbons (Fsp3) is 0.0741. The van der Waals surface area contributed by atoms with Crippen molar-refractivity contribution < 1.29 is 23.9 Å². The van der Waals surface area contributed by atoms with E-state index < -0.39 is 23.3 Å². The molecule has 6 rings (SSSR count). The molecule has 3 aliphatic rings. The van der Waals surface area contributed by atoms with Gasteiger partial charge in [-0.3, -0.25) is 14.9 Å². The van der Waals surface area contributed by atoms with Gasteiger partial charge in [0.1, 0.15) is 11.5 Å². The number of hydrogen-bond donors (Lipinski definition) is 2. The first-order valence-electron chi connectivity index (χ1n) is 11.2. The third kappa shape index (κ3) is 4.15. The molecule has 0 radical (unpaired) electrons. The number of hydrogen-bond acceptors (Lipinski definition) is 8. The van der Waals surface area contributed by atoms with Crippen LogP contribution in [0.25, 0.3) is 5.70 Å². The molecule has 0 spiro atoms. The summed E-state index contributed by atoms with van der Waals surface area (Å²) in [6.07, 6.45) is 2.77. The van der Waals surface area contributed by atoms with Gasteiger partial charge in [-0.2, -0.15) is 5.01 Å². The van der Waals surface area contributed by atoms with Crippen LogP contribution in [0.4, 0.5) is 4.79 Å². The molecule has 0 aliphatic carbocycles. The van der Waals surface area contributed by atoms with Gasteiger partial charge in [-0.1, -0.05) is 60.7 Å². The molecule has 3 aromatic carbocycles. The van der Waals surface area contributed by atoms with E-state index in [-0.39, 0.29) is 10.9 Å². The molecule has 1 fully saturated rings. The van der Waals surface area contributed by atoms with Crippen molar-refractivity contribution in [3.05, 3.63) is 113 Å². The number of para-hydroxylation sites is 1. The molecule has 0 bridgehead atoms. The van der Waals surface area contributed by atoms with Crippen LogP contribution in [0.3, 0.4) is 0 Å². The van der Waals surface area contributed by atoms with Gasteiger partial charge in [-0.25, -0.2) is 4.79 Å². The molecule has 0 saturated carbocycles. The third-order valence-electron chi connectivity index (χ3n) is 5.96. The maximum absolute atomic E-state index is 12.2. The first-order chi connectivity index (χ1) is 17.5. The van der Waals surface area contributed by atoms with E-state index in [0.717, 1.165) is 34.2 Å². The SMILES string of the molecule is O=C(C=C1SC(=O)NC1=O)Oc1ccc(C2Oc3ccccc3C3C=C(c4ccccc4)NN32)cc1. The lowest BCUT2D eigenvalue weighted by molar-refractivity contribution is -0.129. The van der Waals surface area contributed by atoms with Crippen molar-refractivity contribution in [2.24, 2.45) is 0 Å². The number of thioether (sulfide) groups is 1. The van der Waals surface area contributed by atoms with Gasteiger partial charge in [0.25, 0.3) is 11.1 Å². The predicted octanol–water partition coefficient (Wildman–Crippen LogP) is 4.45. The minimum Gasteiger partial charge on any atom is -0.469 e. The van der Waals surface area contributed by atoms with Crippen LogP contribution >= 0.6 is 11.8 Å². The summed E-state index contributed by atoms with van der Waals surface area (Å²) in [5, 5.41) is 3.64. The zero-order valence-electron chi connectivity index (χ0n) is 18.7. The molecule has 8 nitrogen and oxygen atoms in total. The molecule has 2 unspecified atom stereocenters. The lowest BCUT2D eigenvalue weighted by Crippen LogP contribution is -2.43. The number of ether oxygens (including phenoxy) is 2. The molecule has 178 valence electrons. The number of nitrogens with one attached hydrogen (secondary N) is 2. The van der Waals surface area contributed by atoms with E-state index in [1.807, 2.05) is 48.5 Å². The molecule has 1 saturated heterocycles. The number of nitrogens with zero attached hydrogens (tertiary/aromatic N) is 1. The maximum Gasteiger partial charge on any atom is 0.337 e. The van der Waals surface area contributed by atoms with Crippen LogP contribution in [-0.2, 0) is 9.59 Å². The molecule has 2 N–H and O–H groups in total. The Kier molecular flexibility index (Phi) is 5.55. The highest BCUT2D eigenvalue weighted by Crippen LogP contribution is 2.45. The molecule has 3 aromatic rings. The number of imide groups is 1. The van der Waals surface area contributed by atoms with Gasteiger partial charge in [0, 0.05) is 17.2 Å². The molecule has 0 aromatic heterocycles. The van der Waals surface area contributed by atoms with Gasteiger partial charge in [-0.15, -0.1) is 0 Å². The normalized spacial score (nSPS) is 21.7. The van der Waals surface area contributed by atoms with E-state index in [2.05, 4.69) is 40.0 Å². The van der Waals surface area contributed by atoms with Crippen molar-refractivity contribution in [3.8, 4) is 11.5 Å². The summed E-state index contributed by atoms with van der Waals surface area (Å²) in [6.45, 7) is 0. The van der Waals surface area contributed by atoms with Crippen molar-refractivity contribution in [2.75, 3.05) is 0 Å². The Morgan fingerprint density at radius 3 is 2.47 bits per heavy atom. The molecule has 2 amide bonds. The van der Waals surface area contributed by atoms with E-state index >= 15 is 0 Å². The maximum atomic E-state index is 12.2. The number of rotatable bonds is 4. The topological polar surface area (TPSA) is 97.0 Å². The monoisotopic (exact) mass is 497 g/mol. The van der Waals surface area contributed by atoms with Crippen LogP contribution in [0.15, 0.2) is 95.9 Å². The van der Waals surface area contributed by atoms with E-state index in [1.165, 1.54) is 0 Å². The highest BCUT2D eigenvalue weighted by molar-refractivity contribution is 8.18. The van der Waals surface area contributed by atoms with Crippen molar-refractivity contribution in [2.45, 2.75) is 12.3 Å². The summed E-state index contributed by atoms with van der Waals surface area (Å²) in [5.74, 6) is -0.236. The molecule has 3 aliphatic heterocycles. The van der Waals surface area contributed by atoms with Crippen LogP contribution in [0.1, 0.15) is 29.0 Å². The van der Waals surface area contributed by atoms with E-state index in [1.54, 1.807) is 12.1 Å². The van der Waals surface area contributed by atoms with Gasteiger partial charge < -0.3 is 14.9 Å². The predicted molar refractivity (Wildman–Crippen MR) is 133 cm³/mol. The first-order valence-corrected chi connectivity index (χ1v) is 12.0. The molecule has 2 atom stereocenters. The van der Waals surface area contributed by atoms with Crippen LogP contribution in [0.5, 0.6) is 11.5 Å². The largest absolute Gasteiger partial charge is 0.469 e. The minimum absolute atomic E-state index is 0.00348. The summed E-state index contributed by atoms with van der Waals surface area (Å²) in [5.41, 5.74) is 7.51. The van der Waals surface area contributed by atoms with Crippen molar-refractivity contribution in [3.63, 3.8) is 0 Å². The Bertz CT molecular complexity index is 1440. The zero-order valence-corrected chi connectivity index (χ0v) is 19.5. The average Bonchev–Trinajstić information content (AvgIpc) is 3.47. The van der Waals surface area contributed by atoms with Gasteiger partial charge >= 0.3 is 5.97 Å². The number of esters is 1. The van der Waals surface area contributed by atoms with Crippen LogP contribution in [0, 0.1) is 0 Å². The Labute approximate surface area is 210 Å². The Balaban J connectivity index is 1.24. The summed E-state index contributed by atoms with van der Waals surface area (Å²) in [7, 11) is 0. The van der Waals surface area contributed by atoms with E-state index in [0.29, 0.717) is 17.5 Å². The lowest BCUT2D eigenvalue weighted by Gasteiger charge is -2.39. The van der Waals surface area contributed by atoms with Gasteiger partial charge in [0.05, 0.1) is 16.6 Å². The highest BCUT2D eigenvalue weighted by atomic mass is 32.2. The first kappa shape index (κ1) is 22.1. The zero-order chi connectivity index (χ0) is 24.6. The Morgan fingerprint density at radius 1 is 0.972 bits per heavy atom. The number of amides is 2. The number of carbonyl (C=O) groups is 3. The summed E-state index contributed by atoms with van der Waals surface area (Å²) >= 11 is 0.662. The summed E-state index contributed by atoms with van der Waals surface area (Å²) in [6, 6.07) is 25.0. The van der Waals surface area contributed by atoms with E-state index in [9.17, 15) is 14.4 Å². The van der Waals surface area contributed by atoms with Crippen LogP contribution in [-0.4, -0.2) is 22.1 Å². The van der Waals surface area contributed by atoms with Gasteiger partial charge in [0.15, 0.2) is 6.23 Å². The lowest BCUT2D eigenvalue weighted by atomic mass is 10.0. The summed E-state index contributed by atoms with van der Waals surface area (Å²) in [4.78, 5) is 35.1. The minimum atomic E-state index is -0.740. The highest BCUT2D eigenvalue weighted by Gasteiger charge is 2.40. The Hall–Kier alpha value is -4.34. The summed E-state index contributed by atoms with van der Waals surface area (Å²) < 4.78 is 11.7. The second kappa shape index (κ2) is 9.03. The average molecular weight is 498 g/mol. The second-order valence-electron chi connectivity index (χ2n) is 8.26.